The molecule has 0 aromatic rings. The zero-order chi connectivity index (χ0) is 10.8. The lowest BCUT2D eigenvalue weighted by molar-refractivity contribution is -0.144. The van der Waals surface area contributed by atoms with Crippen LogP contribution in [0.25, 0.3) is 0 Å². The monoisotopic (exact) mass is 220 g/mol. The van der Waals surface area contributed by atoms with Crippen LogP contribution in [0.1, 0.15) is 26.2 Å². The van der Waals surface area contributed by atoms with E-state index in [0.29, 0.717) is 0 Å². The number of carbonyl (C=O) groups is 1. The third kappa shape index (κ3) is 2.47. The number of hydrogen-bond donors (Lipinski definition) is 0. The summed E-state index contributed by atoms with van der Waals surface area (Å²) in [6.45, 7) is 1.59. The van der Waals surface area contributed by atoms with Gasteiger partial charge in [-0.15, -0.1) is 0 Å². The first-order valence-corrected chi connectivity index (χ1v) is 6.48. The van der Waals surface area contributed by atoms with Crippen molar-refractivity contribution in [1.82, 2.24) is 0 Å². The molecule has 0 heterocycles. The standard InChI is InChI=1S/C9H16O4S/c1-7(9(10)13-2)6-14(11,12)8-4-3-5-8/h7-8H,3-6H2,1-2H3. The van der Waals surface area contributed by atoms with Gasteiger partial charge in [0.2, 0.25) is 0 Å². The summed E-state index contributed by atoms with van der Waals surface area (Å²) >= 11 is 0. The van der Waals surface area contributed by atoms with Crippen LogP contribution < -0.4 is 0 Å². The first kappa shape index (κ1) is 11.5. The molecule has 5 heteroatoms. The molecule has 1 atom stereocenters. The van der Waals surface area contributed by atoms with Gasteiger partial charge in [-0.05, 0) is 12.8 Å². The van der Waals surface area contributed by atoms with Crippen LogP contribution in [0.4, 0.5) is 0 Å². The molecule has 4 nitrogen and oxygen atoms in total. The summed E-state index contributed by atoms with van der Waals surface area (Å²) in [5.74, 6) is -1.08. The van der Waals surface area contributed by atoms with E-state index in [2.05, 4.69) is 4.74 Å². The molecule has 1 rings (SSSR count). The van der Waals surface area contributed by atoms with Gasteiger partial charge < -0.3 is 4.74 Å². The smallest absolute Gasteiger partial charge is 0.309 e. The summed E-state index contributed by atoms with van der Waals surface area (Å²) in [4.78, 5) is 11.0. The van der Waals surface area contributed by atoms with Gasteiger partial charge >= 0.3 is 5.97 Å². The molecule has 0 saturated heterocycles. The molecule has 1 fully saturated rings. The molecule has 0 N–H and O–H groups in total. The van der Waals surface area contributed by atoms with Crippen molar-refractivity contribution in [2.75, 3.05) is 12.9 Å². The van der Waals surface area contributed by atoms with Crippen molar-refractivity contribution in [2.24, 2.45) is 5.92 Å². The summed E-state index contributed by atoms with van der Waals surface area (Å²) in [5, 5.41) is -0.213. The van der Waals surface area contributed by atoms with Crippen LogP contribution in [0.15, 0.2) is 0 Å². The number of hydrogen-bond acceptors (Lipinski definition) is 4. The quantitative estimate of drug-likeness (QED) is 0.656. The molecule has 14 heavy (non-hydrogen) atoms. The second-order valence-electron chi connectivity index (χ2n) is 3.81. The highest BCUT2D eigenvalue weighted by atomic mass is 32.2. The topological polar surface area (TPSA) is 60.4 Å². The summed E-state index contributed by atoms with van der Waals surface area (Å²) < 4.78 is 27.8. The molecule has 0 aliphatic heterocycles. The lowest BCUT2D eigenvalue weighted by Crippen LogP contribution is -2.34. The van der Waals surface area contributed by atoms with Crippen molar-refractivity contribution in [3.8, 4) is 0 Å². The molecule has 0 radical (unpaired) electrons. The van der Waals surface area contributed by atoms with Crippen LogP contribution >= 0.6 is 0 Å². The largest absolute Gasteiger partial charge is 0.469 e. The van der Waals surface area contributed by atoms with E-state index in [-0.39, 0.29) is 11.0 Å². The fourth-order valence-corrected chi connectivity index (χ4v) is 3.64. The van der Waals surface area contributed by atoms with Gasteiger partial charge in [-0.25, -0.2) is 8.42 Å². The lowest BCUT2D eigenvalue weighted by Gasteiger charge is -2.26. The molecule has 1 unspecified atom stereocenters. The fourth-order valence-electron chi connectivity index (χ4n) is 1.48. The Bertz CT molecular complexity index is 303. The van der Waals surface area contributed by atoms with Crippen molar-refractivity contribution in [2.45, 2.75) is 31.4 Å². The summed E-state index contributed by atoms with van der Waals surface area (Å²) in [7, 11) is -1.81. The number of carbonyl (C=O) groups excluding carboxylic acids is 1. The SMILES string of the molecule is COC(=O)C(C)CS(=O)(=O)C1CCC1. The molecule has 1 saturated carbocycles. The highest BCUT2D eigenvalue weighted by Gasteiger charge is 2.33. The van der Waals surface area contributed by atoms with E-state index in [9.17, 15) is 13.2 Å². The fraction of sp³-hybridized carbons (Fsp3) is 0.889. The van der Waals surface area contributed by atoms with Gasteiger partial charge in [0.1, 0.15) is 0 Å². The molecule has 0 spiro atoms. The average Bonchev–Trinajstić information content (AvgIpc) is 1.97. The van der Waals surface area contributed by atoms with E-state index in [1.165, 1.54) is 7.11 Å². The van der Waals surface area contributed by atoms with Gasteiger partial charge in [0.25, 0.3) is 0 Å². The first-order valence-electron chi connectivity index (χ1n) is 4.76. The van der Waals surface area contributed by atoms with Crippen molar-refractivity contribution >= 4 is 15.8 Å². The third-order valence-corrected chi connectivity index (χ3v) is 5.10. The second-order valence-corrected chi connectivity index (χ2v) is 6.13. The van der Waals surface area contributed by atoms with Crippen LogP contribution in [0.2, 0.25) is 0 Å². The van der Waals surface area contributed by atoms with Crippen molar-refractivity contribution in [1.29, 1.82) is 0 Å². The van der Waals surface area contributed by atoms with E-state index in [1.807, 2.05) is 0 Å². The Morgan fingerprint density at radius 2 is 2.07 bits per heavy atom. The summed E-state index contributed by atoms with van der Waals surface area (Å²) in [6.07, 6.45) is 2.48. The number of ether oxygens (including phenoxy) is 1. The first-order chi connectivity index (χ1) is 6.47. The van der Waals surface area contributed by atoms with Crippen LogP contribution in [-0.2, 0) is 19.4 Å². The van der Waals surface area contributed by atoms with E-state index < -0.39 is 21.7 Å². The number of rotatable bonds is 4. The third-order valence-electron chi connectivity index (χ3n) is 2.65. The van der Waals surface area contributed by atoms with Gasteiger partial charge in [0.15, 0.2) is 9.84 Å². The Morgan fingerprint density at radius 3 is 2.43 bits per heavy atom. The number of methoxy groups -OCH3 is 1. The number of sulfone groups is 1. The van der Waals surface area contributed by atoms with Crippen molar-refractivity contribution < 1.29 is 17.9 Å². The van der Waals surface area contributed by atoms with Gasteiger partial charge in [-0.3, -0.25) is 4.79 Å². The van der Waals surface area contributed by atoms with Crippen LogP contribution in [0.3, 0.4) is 0 Å². The second kappa shape index (κ2) is 4.29. The van der Waals surface area contributed by atoms with E-state index >= 15 is 0 Å². The Balaban J connectivity index is 2.54. The normalized spacial score (nSPS) is 19.9. The average molecular weight is 220 g/mol. The molecule has 0 aromatic heterocycles. The molecule has 0 bridgehead atoms. The Kier molecular flexibility index (Phi) is 3.53. The van der Waals surface area contributed by atoms with Gasteiger partial charge in [-0.1, -0.05) is 13.3 Å². The van der Waals surface area contributed by atoms with E-state index in [4.69, 9.17) is 0 Å². The van der Waals surface area contributed by atoms with E-state index in [1.54, 1.807) is 6.92 Å². The molecule has 0 aromatic carbocycles. The molecular formula is C9H16O4S. The highest BCUT2D eigenvalue weighted by molar-refractivity contribution is 7.92. The Morgan fingerprint density at radius 1 is 1.50 bits per heavy atom. The maximum atomic E-state index is 11.6. The molecule has 0 amide bonds. The van der Waals surface area contributed by atoms with Crippen molar-refractivity contribution in [3.63, 3.8) is 0 Å². The Hall–Kier alpha value is -0.580. The Labute approximate surface area is 84.6 Å². The predicted octanol–water partition coefficient (Wildman–Crippen LogP) is 0.763. The highest BCUT2D eigenvalue weighted by Crippen LogP contribution is 2.27. The van der Waals surface area contributed by atoms with Crippen LogP contribution in [-0.4, -0.2) is 32.5 Å². The van der Waals surface area contributed by atoms with Gasteiger partial charge in [0, 0.05) is 0 Å². The molecular weight excluding hydrogens is 204 g/mol. The lowest BCUT2D eigenvalue weighted by atomic mass is 10.00. The minimum atomic E-state index is -3.08. The van der Waals surface area contributed by atoms with Crippen LogP contribution in [0.5, 0.6) is 0 Å². The zero-order valence-electron chi connectivity index (χ0n) is 8.52. The maximum Gasteiger partial charge on any atom is 0.309 e. The minimum absolute atomic E-state index is 0.0790. The molecule has 82 valence electrons. The minimum Gasteiger partial charge on any atom is -0.469 e. The van der Waals surface area contributed by atoms with Gasteiger partial charge in [-0.2, -0.15) is 0 Å². The molecule has 1 aliphatic rings. The maximum absolute atomic E-state index is 11.6. The van der Waals surface area contributed by atoms with Crippen molar-refractivity contribution in [3.05, 3.63) is 0 Å². The molecule has 1 aliphatic carbocycles. The summed E-state index contributed by atoms with van der Waals surface area (Å²) in [5.41, 5.74) is 0. The van der Waals surface area contributed by atoms with Gasteiger partial charge in [0.05, 0.1) is 24.0 Å². The van der Waals surface area contributed by atoms with Crippen LogP contribution in [0, 0.1) is 5.92 Å². The summed E-state index contributed by atoms with van der Waals surface area (Å²) in [6, 6.07) is 0. The van der Waals surface area contributed by atoms with E-state index in [0.717, 1.165) is 19.3 Å². The number of esters is 1. The zero-order valence-corrected chi connectivity index (χ0v) is 9.34. The predicted molar refractivity (Wildman–Crippen MR) is 52.6 cm³/mol.